The number of aromatic hydroxyl groups is 1. The van der Waals surface area contributed by atoms with Gasteiger partial charge in [0.15, 0.2) is 0 Å². The zero-order valence-electron chi connectivity index (χ0n) is 7.11. The summed E-state index contributed by atoms with van der Waals surface area (Å²) >= 11 is 1.98. The van der Waals surface area contributed by atoms with Crippen LogP contribution in [0.25, 0.3) is 5.78 Å². The fourth-order valence-corrected chi connectivity index (χ4v) is 1.48. The molecule has 0 spiro atoms. The van der Waals surface area contributed by atoms with Crippen molar-refractivity contribution in [3.63, 3.8) is 0 Å². The van der Waals surface area contributed by atoms with Crippen molar-refractivity contribution in [2.75, 3.05) is 0 Å². The lowest BCUT2D eigenvalue weighted by Crippen LogP contribution is -1.97. The van der Waals surface area contributed by atoms with Gasteiger partial charge in [-0.25, -0.2) is 4.98 Å². The summed E-state index contributed by atoms with van der Waals surface area (Å²) < 4.78 is 1.91. The van der Waals surface area contributed by atoms with E-state index in [4.69, 9.17) is 0 Å². The molecule has 0 saturated carbocycles. The molecule has 13 heavy (non-hydrogen) atoms. The van der Waals surface area contributed by atoms with Gasteiger partial charge in [0.1, 0.15) is 0 Å². The van der Waals surface area contributed by atoms with E-state index in [1.54, 1.807) is 6.92 Å². The van der Waals surface area contributed by atoms with E-state index in [-0.39, 0.29) is 5.88 Å². The molecule has 0 fully saturated rings. The van der Waals surface area contributed by atoms with Crippen molar-refractivity contribution in [1.29, 1.82) is 0 Å². The lowest BCUT2D eigenvalue weighted by Gasteiger charge is -2.02. The molecule has 1 N–H and O–H groups in total. The first-order chi connectivity index (χ1) is 6.09. The first kappa shape index (κ1) is 8.67. The molecule has 0 aromatic carbocycles. The molecule has 68 valence electrons. The third kappa shape index (κ3) is 1.25. The highest BCUT2D eigenvalue weighted by atomic mass is 127. The summed E-state index contributed by atoms with van der Waals surface area (Å²) in [6.45, 7) is 3.63. The Morgan fingerprint density at radius 2 is 2.00 bits per heavy atom. The summed E-state index contributed by atoms with van der Waals surface area (Å²) in [5.41, 5.74) is 1.50. The highest BCUT2D eigenvalue weighted by Gasteiger charge is 2.10. The molecule has 2 heterocycles. The second kappa shape index (κ2) is 2.79. The Morgan fingerprint density at radius 3 is 2.69 bits per heavy atom. The molecule has 0 aliphatic heterocycles. The quantitative estimate of drug-likeness (QED) is 0.737. The van der Waals surface area contributed by atoms with Crippen molar-refractivity contribution in [3.8, 4) is 5.88 Å². The van der Waals surface area contributed by atoms with E-state index >= 15 is 0 Å². The van der Waals surface area contributed by atoms with Crippen LogP contribution in [0, 0.1) is 17.7 Å². The highest BCUT2D eigenvalue weighted by Crippen LogP contribution is 2.18. The maximum absolute atomic E-state index is 9.67. The van der Waals surface area contributed by atoms with Crippen LogP contribution < -0.4 is 0 Å². The Labute approximate surface area is 88.0 Å². The van der Waals surface area contributed by atoms with Crippen LogP contribution in [0.5, 0.6) is 5.88 Å². The summed E-state index contributed by atoms with van der Waals surface area (Å²) in [7, 11) is 0. The van der Waals surface area contributed by atoms with E-state index in [0.29, 0.717) is 9.61 Å². The second-order valence-electron chi connectivity index (χ2n) is 2.74. The van der Waals surface area contributed by atoms with Gasteiger partial charge in [0.25, 0.3) is 5.78 Å². The number of aryl methyl sites for hydroxylation is 1. The Hall–Kier alpha value is -0.920. The molecule has 5 nitrogen and oxygen atoms in total. The molecule has 2 aromatic rings. The van der Waals surface area contributed by atoms with Crippen LogP contribution in [0.3, 0.4) is 0 Å². The average molecular weight is 290 g/mol. The van der Waals surface area contributed by atoms with E-state index < -0.39 is 0 Å². The number of nitrogens with zero attached hydrogens (tertiary/aromatic N) is 4. The zero-order valence-corrected chi connectivity index (χ0v) is 9.27. The third-order valence-corrected chi connectivity index (χ3v) is 2.37. The van der Waals surface area contributed by atoms with Crippen LogP contribution in [0.4, 0.5) is 0 Å². The molecule has 0 saturated heterocycles. The monoisotopic (exact) mass is 290 g/mol. The number of fused-ring (bicyclic) bond motifs is 1. The molecule has 0 atom stereocenters. The number of rotatable bonds is 0. The minimum absolute atomic E-state index is 0.109. The Bertz CT molecular complexity index is 479. The molecule has 0 amide bonds. The number of halogens is 1. The summed E-state index contributed by atoms with van der Waals surface area (Å²) in [5.74, 6) is 0.544. The topological polar surface area (TPSA) is 63.3 Å². The third-order valence-electron chi connectivity index (χ3n) is 1.91. The largest absolute Gasteiger partial charge is 0.493 e. The number of hydrogen-bond donors (Lipinski definition) is 1. The predicted octanol–water partition coefficient (Wildman–Crippen LogP) is 1.05. The SMILES string of the molecule is Cc1nc2nc(I)nn2c(O)c1C. The van der Waals surface area contributed by atoms with Crippen LogP contribution in [0.15, 0.2) is 0 Å². The van der Waals surface area contributed by atoms with Crippen LogP contribution in [0.1, 0.15) is 11.3 Å². The fraction of sp³-hybridized carbons (Fsp3) is 0.286. The minimum atomic E-state index is 0.109. The molecule has 0 aliphatic rings. The van der Waals surface area contributed by atoms with E-state index in [0.717, 1.165) is 11.3 Å². The molecule has 2 rings (SSSR count). The normalized spacial score (nSPS) is 11.0. The summed E-state index contributed by atoms with van der Waals surface area (Å²) in [6.07, 6.45) is 0. The Balaban J connectivity index is 2.92. The molecular formula is C7H7IN4O. The molecular weight excluding hydrogens is 283 g/mol. The van der Waals surface area contributed by atoms with Gasteiger partial charge >= 0.3 is 0 Å². The summed E-state index contributed by atoms with van der Waals surface area (Å²) in [6, 6.07) is 0. The molecule has 0 radical (unpaired) electrons. The first-order valence-corrected chi connectivity index (χ1v) is 4.76. The summed E-state index contributed by atoms with van der Waals surface area (Å²) in [5, 5.41) is 13.7. The fourth-order valence-electron chi connectivity index (χ4n) is 1.05. The second-order valence-corrected chi connectivity index (χ2v) is 3.70. The smallest absolute Gasteiger partial charge is 0.256 e. The Kier molecular flexibility index (Phi) is 1.86. The van der Waals surface area contributed by atoms with Crippen molar-refractivity contribution in [2.24, 2.45) is 0 Å². The van der Waals surface area contributed by atoms with Crippen LogP contribution >= 0.6 is 22.6 Å². The molecule has 2 aromatic heterocycles. The van der Waals surface area contributed by atoms with Crippen molar-refractivity contribution < 1.29 is 5.11 Å². The maximum atomic E-state index is 9.67. The highest BCUT2D eigenvalue weighted by molar-refractivity contribution is 14.1. The molecule has 0 bridgehead atoms. The van der Waals surface area contributed by atoms with Gasteiger partial charge in [0.05, 0.1) is 0 Å². The van der Waals surface area contributed by atoms with Gasteiger partial charge in [-0.05, 0) is 13.8 Å². The first-order valence-electron chi connectivity index (χ1n) is 3.68. The van der Waals surface area contributed by atoms with Crippen LogP contribution in [-0.4, -0.2) is 24.7 Å². The van der Waals surface area contributed by atoms with Crippen LogP contribution in [0.2, 0.25) is 0 Å². The van der Waals surface area contributed by atoms with Crippen molar-refractivity contribution in [1.82, 2.24) is 19.6 Å². The molecule has 0 aliphatic carbocycles. The van der Waals surface area contributed by atoms with E-state index in [9.17, 15) is 5.11 Å². The lowest BCUT2D eigenvalue weighted by atomic mass is 10.3. The van der Waals surface area contributed by atoms with Gasteiger partial charge in [0, 0.05) is 33.8 Å². The van der Waals surface area contributed by atoms with Gasteiger partial charge in [-0.3, -0.25) is 0 Å². The minimum Gasteiger partial charge on any atom is -0.493 e. The van der Waals surface area contributed by atoms with Crippen molar-refractivity contribution in [3.05, 3.63) is 15.1 Å². The lowest BCUT2D eigenvalue weighted by molar-refractivity contribution is 0.429. The van der Waals surface area contributed by atoms with Gasteiger partial charge in [-0.2, -0.15) is 9.50 Å². The zero-order chi connectivity index (χ0) is 9.59. The summed E-state index contributed by atoms with van der Waals surface area (Å²) in [4.78, 5) is 8.22. The average Bonchev–Trinajstić information content (AvgIpc) is 2.42. The van der Waals surface area contributed by atoms with Crippen molar-refractivity contribution in [2.45, 2.75) is 13.8 Å². The van der Waals surface area contributed by atoms with Gasteiger partial charge in [-0.15, -0.1) is 5.10 Å². The van der Waals surface area contributed by atoms with E-state index in [2.05, 4.69) is 15.1 Å². The Morgan fingerprint density at radius 1 is 1.31 bits per heavy atom. The van der Waals surface area contributed by atoms with Gasteiger partial charge in [0.2, 0.25) is 9.71 Å². The van der Waals surface area contributed by atoms with E-state index in [1.807, 2.05) is 29.5 Å². The predicted molar refractivity (Wildman–Crippen MR) is 54.6 cm³/mol. The maximum Gasteiger partial charge on any atom is 0.256 e. The number of aromatic nitrogens is 4. The van der Waals surface area contributed by atoms with Crippen molar-refractivity contribution >= 4 is 28.4 Å². The molecule has 0 unspecified atom stereocenters. The van der Waals surface area contributed by atoms with Gasteiger partial charge < -0.3 is 5.11 Å². The van der Waals surface area contributed by atoms with E-state index in [1.165, 1.54) is 4.52 Å². The molecule has 6 heteroatoms. The van der Waals surface area contributed by atoms with Crippen LogP contribution in [-0.2, 0) is 0 Å². The standard InChI is InChI=1S/C7H7IN4O/c1-3-4(2)9-7-10-6(8)11-12(7)5(3)13/h13H,1-2H3. The number of hydrogen-bond acceptors (Lipinski definition) is 4. The van der Waals surface area contributed by atoms with Gasteiger partial charge in [-0.1, -0.05) is 0 Å².